The highest BCUT2D eigenvalue weighted by Crippen LogP contribution is 2.29. The molecule has 2 bridgehead atoms. The van der Waals surface area contributed by atoms with Gasteiger partial charge in [-0.15, -0.1) is 11.3 Å². The van der Waals surface area contributed by atoms with Crippen molar-refractivity contribution in [1.82, 2.24) is 14.2 Å². The van der Waals surface area contributed by atoms with Crippen molar-refractivity contribution >= 4 is 32.4 Å². The highest BCUT2D eigenvalue weighted by Gasteiger charge is 2.39. The van der Waals surface area contributed by atoms with Gasteiger partial charge in [0.2, 0.25) is 15.9 Å². The summed E-state index contributed by atoms with van der Waals surface area (Å²) >= 11 is 1.38. The number of piperidine rings is 1. The zero-order chi connectivity index (χ0) is 16.6. The molecule has 2 atom stereocenters. The molecule has 0 unspecified atom stereocenters. The minimum absolute atomic E-state index is 0.00326. The maximum absolute atomic E-state index is 12.6. The summed E-state index contributed by atoms with van der Waals surface area (Å²) in [6.45, 7) is 1.61. The van der Waals surface area contributed by atoms with Gasteiger partial charge in [-0.25, -0.2) is 13.4 Å². The van der Waals surface area contributed by atoms with E-state index in [1.165, 1.54) is 21.9 Å². The Morgan fingerprint density at radius 2 is 2.17 bits per heavy atom. The Balaban J connectivity index is 1.65. The fraction of sp³-hybridized carbons (Fsp3) is 0.714. The summed E-state index contributed by atoms with van der Waals surface area (Å²) in [5.41, 5.74) is 6.45. The Morgan fingerprint density at radius 3 is 2.83 bits per heavy atom. The Bertz CT molecular complexity index is 688. The second-order valence-electron chi connectivity index (χ2n) is 6.40. The van der Waals surface area contributed by atoms with E-state index in [2.05, 4.69) is 4.98 Å². The first kappa shape index (κ1) is 16.7. The Kier molecular flexibility index (Phi) is 4.61. The van der Waals surface area contributed by atoms with Crippen molar-refractivity contribution in [2.75, 3.05) is 31.6 Å². The van der Waals surface area contributed by atoms with Crippen LogP contribution in [0.15, 0.2) is 5.38 Å². The van der Waals surface area contributed by atoms with E-state index in [0.29, 0.717) is 37.6 Å². The van der Waals surface area contributed by atoms with E-state index in [1.54, 1.807) is 0 Å². The van der Waals surface area contributed by atoms with Gasteiger partial charge in [-0.1, -0.05) is 0 Å². The first-order chi connectivity index (χ1) is 10.8. The number of thiazole rings is 1. The molecule has 2 N–H and O–H groups in total. The number of carbonyl (C=O) groups is 1. The third-order valence-corrected chi connectivity index (χ3v) is 6.59. The van der Waals surface area contributed by atoms with Crippen LogP contribution in [-0.2, 0) is 21.2 Å². The number of sulfonamides is 1. The standard InChI is InChI=1S/C14H22N4O3S2/c1-23(20,21)17-6-10-2-4-12(8-17)18(7-10)13(19)5-3-11-9-22-14(15)16-11/h9-10,12H,2-8H2,1H3,(H2,15,16)/t10-,12+/m1/s1. The number of fused-ring (bicyclic) bond motifs is 4. The normalized spacial score (nSPS) is 25.5. The largest absolute Gasteiger partial charge is 0.375 e. The van der Waals surface area contributed by atoms with Crippen molar-refractivity contribution in [1.29, 1.82) is 0 Å². The van der Waals surface area contributed by atoms with Gasteiger partial charge in [0.1, 0.15) is 0 Å². The minimum Gasteiger partial charge on any atom is -0.375 e. The molecular weight excluding hydrogens is 336 g/mol. The molecular formula is C14H22N4O3S2. The topological polar surface area (TPSA) is 96.6 Å². The SMILES string of the molecule is CS(=O)(=O)N1C[C@H]2CC[C@@H](C1)N(C(=O)CCc1csc(N)n1)C2. The third kappa shape index (κ3) is 3.84. The predicted octanol–water partition coefficient (Wildman–Crippen LogP) is 0.540. The molecule has 7 nitrogen and oxygen atoms in total. The van der Waals surface area contributed by atoms with Crippen LogP contribution in [0.25, 0.3) is 0 Å². The first-order valence-electron chi connectivity index (χ1n) is 7.77. The average molecular weight is 358 g/mol. The number of carbonyl (C=O) groups excluding carboxylic acids is 1. The molecule has 3 fully saturated rings. The number of amides is 1. The van der Waals surface area contributed by atoms with E-state index in [-0.39, 0.29) is 17.9 Å². The van der Waals surface area contributed by atoms with E-state index in [1.807, 2.05) is 10.3 Å². The van der Waals surface area contributed by atoms with Crippen LogP contribution in [-0.4, -0.2) is 60.4 Å². The van der Waals surface area contributed by atoms with Crippen LogP contribution in [0.2, 0.25) is 0 Å². The number of anilines is 1. The van der Waals surface area contributed by atoms with Gasteiger partial charge >= 0.3 is 0 Å². The number of nitrogen functional groups attached to an aromatic ring is 1. The van der Waals surface area contributed by atoms with Crippen LogP contribution in [0.4, 0.5) is 5.13 Å². The molecule has 9 heteroatoms. The maximum Gasteiger partial charge on any atom is 0.223 e. The van der Waals surface area contributed by atoms with E-state index < -0.39 is 10.0 Å². The van der Waals surface area contributed by atoms with Crippen molar-refractivity contribution in [2.24, 2.45) is 5.92 Å². The third-order valence-electron chi connectivity index (χ3n) is 4.63. The molecule has 0 aliphatic carbocycles. The summed E-state index contributed by atoms with van der Waals surface area (Å²) in [7, 11) is -3.20. The van der Waals surface area contributed by atoms with Gasteiger partial charge in [0.05, 0.1) is 11.9 Å². The number of nitrogens with zero attached hydrogens (tertiary/aromatic N) is 3. The van der Waals surface area contributed by atoms with Crippen molar-refractivity contribution < 1.29 is 13.2 Å². The molecule has 4 rings (SSSR count). The minimum atomic E-state index is -3.20. The molecule has 0 spiro atoms. The van der Waals surface area contributed by atoms with Crippen LogP contribution in [0.3, 0.4) is 0 Å². The van der Waals surface area contributed by atoms with E-state index in [9.17, 15) is 13.2 Å². The van der Waals surface area contributed by atoms with Gasteiger partial charge in [-0.3, -0.25) is 4.79 Å². The van der Waals surface area contributed by atoms with Crippen LogP contribution >= 0.6 is 11.3 Å². The summed E-state index contributed by atoms with van der Waals surface area (Å²) in [4.78, 5) is 18.6. The quantitative estimate of drug-likeness (QED) is 0.847. The molecule has 128 valence electrons. The molecule has 0 saturated carbocycles. The van der Waals surface area contributed by atoms with Crippen LogP contribution in [0.5, 0.6) is 0 Å². The summed E-state index contributed by atoms with van der Waals surface area (Å²) in [6.07, 6.45) is 4.09. The molecule has 3 saturated heterocycles. The zero-order valence-corrected chi connectivity index (χ0v) is 14.8. The van der Waals surface area contributed by atoms with Crippen molar-refractivity contribution in [2.45, 2.75) is 31.7 Å². The second kappa shape index (κ2) is 6.37. The Morgan fingerprint density at radius 1 is 1.39 bits per heavy atom. The van der Waals surface area contributed by atoms with Crippen LogP contribution in [0, 0.1) is 5.92 Å². The zero-order valence-electron chi connectivity index (χ0n) is 13.1. The number of hydrogen-bond donors (Lipinski definition) is 1. The van der Waals surface area contributed by atoms with Gasteiger partial charge in [0.25, 0.3) is 0 Å². The number of hydrogen-bond acceptors (Lipinski definition) is 6. The summed E-state index contributed by atoms with van der Waals surface area (Å²) in [5.74, 6) is 0.323. The molecule has 1 aromatic heterocycles. The average Bonchev–Trinajstić information content (AvgIpc) is 2.71. The van der Waals surface area contributed by atoms with Crippen molar-refractivity contribution in [3.8, 4) is 0 Å². The second-order valence-corrected chi connectivity index (χ2v) is 9.27. The smallest absolute Gasteiger partial charge is 0.223 e. The van der Waals surface area contributed by atoms with Crippen molar-refractivity contribution in [3.05, 3.63) is 11.1 Å². The van der Waals surface area contributed by atoms with E-state index in [4.69, 9.17) is 5.73 Å². The highest BCUT2D eigenvalue weighted by molar-refractivity contribution is 7.88. The summed E-state index contributed by atoms with van der Waals surface area (Å²) in [5, 5.41) is 2.40. The summed E-state index contributed by atoms with van der Waals surface area (Å²) in [6, 6.07) is -0.00326. The number of nitrogens with two attached hydrogens (primary N) is 1. The molecule has 3 aliphatic rings. The lowest BCUT2D eigenvalue weighted by Crippen LogP contribution is -2.47. The summed E-state index contributed by atoms with van der Waals surface area (Å²) < 4.78 is 25.2. The monoisotopic (exact) mass is 358 g/mol. The maximum atomic E-state index is 12.6. The van der Waals surface area contributed by atoms with E-state index >= 15 is 0 Å². The van der Waals surface area contributed by atoms with Gasteiger partial charge in [0.15, 0.2) is 5.13 Å². The van der Waals surface area contributed by atoms with Gasteiger partial charge < -0.3 is 10.6 Å². The van der Waals surface area contributed by atoms with Crippen LogP contribution in [0.1, 0.15) is 25.0 Å². The van der Waals surface area contributed by atoms with Crippen molar-refractivity contribution in [3.63, 3.8) is 0 Å². The molecule has 0 radical (unpaired) electrons. The molecule has 1 amide bonds. The fourth-order valence-electron chi connectivity index (χ4n) is 3.43. The molecule has 3 aliphatic heterocycles. The lowest BCUT2D eigenvalue weighted by atomic mass is 9.94. The fourth-order valence-corrected chi connectivity index (χ4v) is 4.95. The lowest BCUT2D eigenvalue weighted by Gasteiger charge is -2.36. The molecule has 0 aromatic carbocycles. The highest BCUT2D eigenvalue weighted by atomic mass is 32.2. The first-order valence-corrected chi connectivity index (χ1v) is 10.5. The van der Waals surface area contributed by atoms with Gasteiger partial charge in [-0.2, -0.15) is 4.31 Å². The van der Waals surface area contributed by atoms with E-state index in [0.717, 1.165) is 18.5 Å². The Hall–Kier alpha value is -1.19. The molecule has 1 aromatic rings. The molecule has 23 heavy (non-hydrogen) atoms. The van der Waals surface area contributed by atoms with Crippen LogP contribution < -0.4 is 5.73 Å². The van der Waals surface area contributed by atoms with Gasteiger partial charge in [-0.05, 0) is 25.2 Å². The predicted molar refractivity (Wildman–Crippen MR) is 89.5 cm³/mol. The number of rotatable bonds is 4. The Labute approximate surface area is 140 Å². The lowest BCUT2D eigenvalue weighted by molar-refractivity contribution is -0.135. The number of aryl methyl sites for hydroxylation is 1. The molecule has 4 heterocycles. The van der Waals surface area contributed by atoms with Gasteiger partial charge in [0, 0.05) is 37.5 Å². The number of aromatic nitrogens is 1.